The van der Waals surface area contributed by atoms with Crippen molar-refractivity contribution in [1.82, 2.24) is 9.97 Å². The van der Waals surface area contributed by atoms with Gasteiger partial charge in [0, 0.05) is 34.3 Å². The molecule has 0 spiro atoms. The van der Waals surface area contributed by atoms with Crippen LogP contribution in [-0.2, 0) is 4.79 Å². The minimum Gasteiger partial charge on any atom is -0.493 e. The molecule has 10 heteroatoms. The van der Waals surface area contributed by atoms with E-state index in [1.807, 2.05) is 43.3 Å². The predicted molar refractivity (Wildman–Crippen MR) is 156 cm³/mol. The lowest BCUT2D eigenvalue weighted by Crippen LogP contribution is -2.17. The highest BCUT2D eigenvalue weighted by Gasteiger charge is 2.21. The van der Waals surface area contributed by atoms with Gasteiger partial charge in [-0.3, -0.25) is 9.59 Å². The fraction of sp³-hybridized carbons (Fsp3) is 0.0938. The number of carbonyl (C=O) groups excluding carboxylic acids is 2. The number of halogens is 2. The molecular weight excluding hydrogens is 542 g/mol. The van der Waals surface area contributed by atoms with E-state index in [1.54, 1.807) is 18.2 Å². The molecule has 2 N–H and O–H groups in total. The zero-order chi connectivity index (χ0) is 29.8. The van der Waals surface area contributed by atoms with Crippen LogP contribution >= 0.6 is 0 Å². The Labute approximate surface area is 239 Å². The van der Waals surface area contributed by atoms with Gasteiger partial charge in [-0.2, -0.15) is 0 Å². The summed E-state index contributed by atoms with van der Waals surface area (Å²) in [6.45, 7) is 2.38. The van der Waals surface area contributed by atoms with Crippen molar-refractivity contribution in [3.8, 4) is 33.9 Å². The SMILES string of the molecule is CCOc1ccccc1-c1cc2cc(-c3ccnc(OC)c3N=C(C=O)C(=O)c3ccc(F)cc3F)ccc2nc1N. The average Bonchev–Trinajstić information content (AvgIpc) is 2.99. The molecule has 2 heterocycles. The third-order valence-electron chi connectivity index (χ3n) is 6.47. The van der Waals surface area contributed by atoms with E-state index >= 15 is 0 Å². The van der Waals surface area contributed by atoms with E-state index in [1.165, 1.54) is 13.3 Å². The lowest BCUT2D eigenvalue weighted by Gasteiger charge is -2.14. The molecule has 5 rings (SSSR count). The van der Waals surface area contributed by atoms with Crippen molar-refractivity contribution in [3.05, 3.63) is 96.2 Å². The molecule has 0 saturated heterocycles. The summed E-state index contributed by atoms with van der Waals surface area (Å²) in [6, 6.07) is 18.9. The fourth-order valence-corrected chi connectivity index (χ4v) is 4.53. The molecule has 0 radical (unpaired) electrons. The summed E-state index contributed by atoms with van der Waals surface area (Å²) in [5.74, 6) is -1.96. The second kappa shape index (κ2) is 11.9. The van der Waals surface area contributed by atoms with E-state index in [2.05, 4.69) is 15.0 Å². The number of ketones is 1. The number of nitrogens with zero attached hydrogens (tertiary/aromatic N) is 3. The van der Waals surface area contributed by atoms with Crippen LogP contribution in [0.3, 0.4) is 0 Å². The number of nitrogen functional groups attached to an aromatic ring is 1. The molecule has 0 aliphatic heterocycles. The van der Waals surface area contributed by atoms with E-state index < -0.39 is 28.7 Å². The third kappa shape index (κ3) is 5.42. The van der Waals surface area contributed by atoms with E-state index in [0.29, 0.717) is 46.4 Å². The molecule has 3 aromatic carbocycles. The number of hydrogen-bond acceptors (Lipinski definition) is 8. The normalized spacial score (nSPS) is 11.4. The number of Topliss-reactive ketones (excluding diaryl/α,β-unsaturated/α-hetero) is 1. The van der Waals surface area contributed by atoms with E-state index in [4.69, 9.17) is 15.2 Å². The second-order valence-corrected chi connectivity index (χ2v) is 9.04. The largest absolute Gasteiger partial charge is 0.493 e. The summed E-state index contributed by atoms with van der Waals surface area (Å²) in [5.41, 5.74) is 8.52. The monoisotopic (exact) mass is 566 g/mol. The van der Waals surface area contributed by atoms with Crippen LogP contribution in [0.4, 0.5) is 20.3 Å². The summed E-state index contributed by atoms with van der Waals surface area (Å²) >= 11 is 0. The number of carbonyl (C=O) groups is 2. The predicted octanol–water partition coefficient (Wildman–Crippen LogP) is 6.39. The topological polar surface area (TPSA) is 117 Å². The zero-order valence-corrected chi connectivity index (χ0v) is 22.6. The average molecular weight is 567 g/mol. The molecule has 0 amide bonds. The van der Waals surface area contributed by atoms with Gasteiger partial charge in [0.2, 0.25) is 11.7 Å². The van der Waals surface area contributed by atoms with Crippen LogP contribution in [0.15, 0.2) is 84.0 Å². The maximum absolute atomic E-state index is 14.3. The van der Waals surface area contributed by atoms with Crippen molar-refractivity contribution in [2.75, 3.05) is 19.5 Å². The van der Waals surface area contributed by atoms with Gasteiger partial charge >= 0.3 is 0 Å². The number of rotatable bonds is 9. The summed E-state index contributed by atoms with van der Waals surface area (Å²) < 4.78 is 38.9. The highest BCUT2D eigenvalue weighted by Crippen LogP contribution is 2.40. The molecule has 0 bridgehead atoms. The van der Waals surface area contributed by atoms with E-state index in [-0.39, 0.29) is 17.9 Å². The van der Waals surface area contributed by atoms with Crippen LogP contribution in [0, 0.1) is 11.6 Å². The number of anilines is 1. The number of methoxy groups -OCH3 is 1. The highest BCUT2D eigenvalue weighted by atomic mass is 19.1. The maximum Gasteiger partial charge on any atom is 0.240 e. The van der Waals surface area contributed by atoms with Gasteiger partial charge in [-0.25, -0.2) is 23.7 Å². The molecule has 0 aliphatic rings. The number of fused-ring (bicyclic) bond motifs is 1. The molecule has 0 fully saturated rings. The molecule has 42 heavy (non-hydrogen) atoms. The number of ether oxygens (including phenoxy) is 2. The highest BCUT2D eigenvalue weighted by molar-refractivity contribution is 6.64. The first-order valence-corrected chi connectivity index (χ1v) is 12.8. The lowest BCUT2D eigenvalue weighted by atomic mass is 9.99. The number of para-hydroxylation sites is 1. The van der Waals surface area contributed by atoms with Crippen LogP contribution in [0.2, 0.25) is 0 Å². The van der Waals surface area contributed by atoms with Crippen molar-refractivity contribution < 1.29 is 27.8 Å². The van der Waals surface area contributed by atoms with E-state index in [9.17, 15) is 18.4 Å². The van der Waals surface area contributed by atoms with Crippen LogP contribution in [-0.4, -0.2) is 41.5 Å². The summed E-state index contributed by atoms with van der Waals surface area (Å²) in [5, 5.41) is 0.744. The Kier molecular flexibility index (Phi) is 7.96. The van der Waals surface area contributed by atoms with Gasteiger partial charge in [-0.1, -0.05) is 24.3 Å². The van der Waals surface area contributed by atoms with Crippen molar-refractivity contribution >= 4 is 40.2 Å². The summed E-state index contributed by atoms with van der Waals surface area (Å²) in [6.07, 6.45) is 1.70. The van der Waals surface area contributed by atoms with Crippen molar-refractivity contribution in [3.63, 3.8) is 0 Å². The fourth-order valence-electron chi connectivity index (χ4n) is 4.53. The zero-order valence-electron chi connectivity index (χ0n) is 22.6. The Morgan fingerprint density at radius 3 is 2.55 bits per heavy atom. The van der Waals surface area contributed by atoms with Crippen LogP contribution in [0.5, 0.6) is 11.6 Å². The van der Waals surface area contributed by atoms with E-state index in [0.717, 1.165) is 23.1 Å². The number of nitrogens with two attached hydrogens (primary N) is 1. The Bertz CT molecular complexity index is 1870. The smallest absolute Gasteiger partial charge is 0.240 e. The minimum atomic E-state index is -1.11. The third-order valence-corrected chi connectivity index (χ3v) is 6.47. The van der Waals surface area contributed by atoms with Crippen LogP contribution in [0.25, 0.3) is 33.2 Å². The Hall–Kier alpha value is -5.51. The standard InChI is InChI=1S/C32H24F2N4O4/c1-3-42-28-7-5-4-6-22(28)24-15-19-14-18(8-11-26(19)38-31(24)35)21-12-13-36-32(41-2)29(21)37-27(17-39)30(40)23-10-9-20(33)16-25(23)34/h4-17H,3H2,1-2H3,(H2,35,38). The van der Waals surface area contributed by atoms with Gasteiger partial charge in [0.25, 0.3) is 0 Å². The maximum atomic E-state index is 14.3. The number of aliphatic imine (C=N–C) groups is 1. The molecule has 0 aliphatic carbocycles. The summed E-state index contributed by atoms with van der Waals surface area (Å²) in [7, 11) is 1.36. The molecule has 210 valence electrons. The first-order valence-electron chi connectivity index (χ1n) is 12.8. The van der Waals surface area contributed by atoms with Crippen LogP contribution < -0.4 is 15.2 Å². The Balaban J connectivity index is 1.64. The van der Waals surface area contributed by atoms with Gasteiger partial charge in [-0.15, -0.1) is 0 Å². The minimum absolute atomic E-state index is 0.0288. The number of aromatic nitrogens is 2. The number of aldehydes is 1. The first kappa shape index (κ1) is 28.0. The van der Waals surface area contributed by atoms with Gasteiger partial charge in [0.1, 0.15) is 28.9 Å². The second-order valence-electron chi connectivity index (χ2n) is 9.04. The lowest BCUT2D eigenvalue weighted by molar-refractivity contribution is -0.102. The number of pyridine rings is 2. The first-order chi connectivity index (χ1) is 20.3. The number of benzene rings is 3. The molecule has 2 aromatic heterocycles. The molecule has 0 saturated carbocycles. The molecule has 8 nitrogen and oxygen atoms in total. The Morgan fingerprint density at radius 1 is 1.00 bits per heavy atom. The van der Waals surface area contributed by atoms with Gasteiger partial charge in [-0.05, 0) is 55.0 Å². The molecule has 0 unspecified atom stereocenters. The Morgan fingerprint density at radius 2 is 1.81 bits per heavy atom. The van der Waals surface area contributed by atoms with Gasteiger partial charge in [0.05, 0.1) is 24.8 Å². The van der Waals surface area contributed by atoms with Gasteiger partial charge in [0.15, 0.2) is 12.0 Å². The van der Waals surface area contributed by atoms with Crippen molar-refractivity contribution in [2.45, 2.75) is 6.92 Å². The van der Waals surface area contributed by atoms with Crippen molar-refractivity contribution in [1.29, 1.82) is 0 Å². The molecule has 5 aromatic rings. The summed E-state index contributed by atoms with van der Waals surface area (Å²) in [4.78, 5) is 38.0. The quantitative estimate of drug-likeness (QED) is 0.0952. The molecular formula is C32H24F2N4O4. The van der Waals surface area contributed by atoms with Gasteiger partial charge < -0.3 is 15.2 Å². The van der Waals surface area contributed by atoms with Crippen molar-refractivity contribution in [2.24, 2.45) is 4.99 Å². The molecule has 0 atom stereocenters. The number of hydrogen-bond donors (Lipinski definition) is 1. The van der Waals surface area contributed by atoms with Crippen LogP contribution in [0.1, 0.15) is 17.3 Å².